The minimum atomic E-state index is -0.285. The summed E-state index contributed by atoms with van der Waals surface area (Å²) in [6, 6.07) is 4.70. The van der Waals surface area contributed by atoms with Crippen molar-refractivity contribution in [1.29, 1.82) is 5.41 Å². The van der Waals surface area contributed by atoms with E-state index in [0.717, 1.165) is 25.7 Å². The molecule has 1 aliphatic rings. The molecule has 3 rings (SSSR count). The number of nitrogens with two attached hydrogens (primary N) is 1. The van der Waals surface area contributed by atoms with Crippen molar-refractivity contribution in [3.63, 3.8) is 0 Å². The Labute approximate surface area is 173 Å². The number of anilines is 2. The maximum atomic E-state index is 12.2. The quantitative estimate of drug-likeness (QED) is 0.429. The number of rotatable bonds is 5. The maximum absolute atomic E-state index is 12.2. The van der Waals surface area contributed by atoms with Crippen LogP contribution >= 0.6 is 11.6 Å². The molecule has 1 aromatic carbocycles. The van der Waals surface area contributed by atoms with E-state index in [-0.39, 0.29) is 35.2 Å². The summed E-state index contributed by atoms with van der Waals surface area (Å²) in [5, 5.41) is 13.9. The molecule has 0 unspecified atom stereocenters. The number of halogens is 1. The highest BCUT2D eigenvalue weighted by Crippen LogP contribution is 2.31. The first-order valence-corrected chi connectivity index (χ1v) is 9.64. The molecule has 0 spiro atoms. The molecule has 0 aliphatic heterocycles. The predicted molar refractivity (Wildman–Crippen MR) is 111 cm³/mol. The Morgan fingerprint density at radius 2 is 2.03 bits per heavy atom. The topological polar surface area (TPSA) is 135 Å². The molecule has 1 saturated carbocycles. The van der Waals surface area contributed by atoms with E-state index in [9.17, 15) is 4.79 Å². The minimum Gasteiger partial charge on any atom is -0.481 e. The highest BCUT2D eigenvalue weighted by molar-refractivity contribution is 6.33. The molecule has 29 heavy (non-hydrogen) atoms. The van der Waals surface area contributed by atoms with Gasteiger partial charge in [-0.1, -0.05) is 30.9 Å². The number of amides is 2. The zero-order valence-corrected chi connectivity index (χ0v) is 16.8. The van der Waals surface area contributed by atoms with Gasteiger partial charge < -0.3 is 25.8 Å². The third kappa shape index (κ3) is 5.26. The van der Waals surface area contributed by atoms with E-state index in [1.807, 2.05) is 0 Å². The third-order valence-electron chi connectivity index (χ3n) is 4.62. The molecule has 1 fully saturated rings. The molecule has 0 bridgehead atoms. The number of ether oxygens (including phenoxy) is 2. The zero-order chi connectivity index (χ0) is 20.8. The van der Waals surface area contributed by atoms with Crippen molar-refractivity contribution in [2.75, 3.05) is 18.2 Å². The Bertz CT molecular complexity index is 902. The standard InChI is InChI=1S/C19H23ClN6O3/c1-28-17(22)15-16(21)23-10-24-18(15)29-12-7-8-14(13(20)9-12)26-19(27)25-11-5-3-2-4-6-11/h7-11,22H,2-6H2,1H3,(H2,21,23,24)(H2,25,26,27). The second-order valence-electron chi connectivity index (χ2n) is 6.65. The molecule has 1 aliphatic carbocycles. The maximum Gasteiger partial charge on any atom is 0.319 e. The van der Waals surface area contributed by atoms with E-state index < -0.39 is 0 Å². The molecular formula is C19H23ClN6O3. The third-order valence-corrected chi connectivity index (χ3v) is 4.93. The van der Waals surface area contributed by atoms with Gasteiger partial charge in [-0.25, -0.2) is 14.8 Å². The molecule has 10 heteroatoms. The molecule has 154 valence electrons. The fourth-order valence-electron chi connectivity index (χ4n) is 3.14. The zero-order valence-electron chi connectivity index (χ0n) is 16.0. The molecule has 1 heterocycles. The van der Waals surface area contributed by atoms with Crippen LogP contribution in [0.3, 0.4) is 0 Å². The first kappa shape index (κ1) is 20.7. The first-order valence-electron chi connectivity index (χ1n) is 9.26. The van der Waals surface area contributed by atoms with Gasteiger partial charge in [0.1, 0.15) is 23.5 Å². The van der Waals surface area contributed by atoms with E-state index in [4.69, 9.17) is 32.2 Å². The summed E-state index contributed by atoms with van der Waals surface area (Å²) in [6.07, 6.45) is 6.70. The van der Waals surface area contributed by atoms with E-state index in [0.29, 0.717) is 16.5 Å². The number of methoxy groups -OCH3 is 1. The lowest BCUT2D eigenvalue weighted by Gasteiger charge is -2.23. The Balaban J connectivity index is 1.69. The Morgan fingerprint density at radius 1 is 1.28 bits per heavy atom. The molecule has 2 amide bonds. The lowest BCUT2D eigenvalue weighted by atomic mass is 9.96. The van der Waals surface area contributed by atoms with Gasteiger partial charge in [0.05, 0.1) is 17.8 Å². The average molecular weight is 419 g/mol. The van der Waals surface area contributed by atoms with Gasteiger partial charge in [-0.3, -0.25) is 5.41 Å². The van der Waals surface area contributed by atoms with Gasteiger partial charge in [-0.2, -0.15) is 0 Å². The normalized spacial score (nSPS) is 14.1. The van der Waals surface area contributed by atoms with Crippen LogP contribution in [0.15, 0.2) is 24.5 Å². The van der Waals surface area contributed by atoms with Crippen LogP contribution in [-0.4, -0.2) is 35.0 Å². The second kappa shape index (κ2) is 9.42. The average Bonchev–Trinajstić information content (AvgIpc) is 2.70. The molecule has 1 aromatic heterocycles. The van der Waals surface area contributed by atoms with Crippen molar-refractivity contribution >= 4 is 35.0 Å². The Morgan fingerprint density at radius 3 is 2.72 bits per heavy atom. The summed E-state index contributed by atoms with van der Waals surface area (Å²) >= 11 is 6.30. The summed E-state index contributed by atoms with van der Waals surface area (Å²) in [7, 11) is 1.34. The predicted octanol–water partition coefficient (Wildman–Crippen LogP) is 3.93. The lowest BCUT2D eigenvalue weighted by Crippen LogP contribution is -2.39. The van der Waals surface area contributed by atoms with Gasteiger partial charge in [-0.05, 0) is 25.0 Å². The molecule has 5 N–H and O–H groups in total. The molecule has 0 saturated heterocycles. The van der Waals surface area contributed by atoms with Crippen molar-refractivity contribution in [3.05, 3.63) is 35.1 Å². The van der Waals surface area contributed by atoms with Crippen molar-refractivity contribution < 1.29 is 14.3 Å². The lowest BCUT2D eigenvalue weighted by molar-refractivity contribution is 0.244. The van der Waals surface area contributed by atoms with Crippen LogP contribution < -0.4 is 21.1 Å². The van der Waals surface area contributed by atoms with Crippen molar-refractivity contribution in [2.45, 2.75) is 38.1 Å². The summed E-state index contributed by atoms with van der Waals surface area (Å²) < 4.78 is 10.6. The van der Waals surface area contributed by atoms with Crippen LogP contribution in [0.1, 0.15) is 37.7 Å². The van der Waals surface area contributed by atoms with Crippen LogP contribution in [-0.2, 0) is 4.74 Å². The summed E-state index contributed by atoms with van der Waals surface area (Å²) in [4.78, 5) is 20.1. The van der Waals surface area contributed by atoms with Crippen LogP contribution in [0.5, 0.6) is 11.6 Å². The number of urea groups is 1. The molecule has 0 radical (unpaired) electrons. The number of benzene rings is 1. The fourth-order valence-corrected chi connectivity index (χ4v) is 3.36. The molecule has 0 atom stereocenters. The van der Waals surface area contributed by atoms with E-state index in [2.05, 4.69) is 20.6 Å². The van der Waals surface area contributed by atoms with Gasteiger partial charge in [0, 0.05) is 12.1 Å². The van der Waals surface area contributed by atoms with Crippen molar-refractivity contribution in [3.8, 4) is 11.6 Å². The van der Waals surface area contributed by atoms with Gasteiger partial charge in [-0.15, -0.1) is 0 Å². The van der Waals surface area contributed by atoms with Crippen molar-refractivity contribution in [1.82, 2.24) is 15.3 Å². The molecule has 2 aromatic rings. The number of hydrogen-bond acceptors (Lipinski definition) is 7. The smallest absolute Gasteiger partial charge is 0.319 e. The van der Waals surface area contributed by atoms with Gasteiger partial charge >= 0.3 is 6.03 Å². The Kier molecular flexibility index (Phi) is 6.71. The Hall–Kier alpha value is -3.07. The number of nitrogens with one attached hydrogen (secondary N) is 3. The summed E-state index contributed by atoms with van der Waals surface area (Å²) in [5.41, 5.74) is 6.40. The van der Waals surface area contributed by atoms with Crippen LogP contribution in [0.25, 0.3) is 0 Å². The van der Waals surface area contributed by atoms with E-state index in [1.54, 1.807) is 12.1 Å². The second-order valence-corrected chi connectivity index (χ2v) is 7.06. The van der Waals surface area contributed by atoms with Gasteiger partial charge in [0.15, 0.2) is 0 Å². The van der Waals surface area contributed by atoms with Crippen LogP contribution in [0.2, 0.25) is 5.02 Å². The molecular weight excluding hydrogens is 396 g/mol. The number of hydrogen-bond donors (Lipinski definition) is 4. The molecule has 9 nitrogen and oxygen atoms in total. The number of carbonyl (C=O) groups is 1. The largest absolute Gasteiger partial charge is 0.481 e. The van der Waals surface area contributed by atoms with Gasteiger partial charge in [0.25, 0.3) is 0 Å². The highest BCUT2D eigenvalue weighted by atomic mass is 35.5. The minimum absolute atomic E-state index is 0.0608. The van der Waals surface area contributed by atoms with Crippen LogP contribution in [0, 0.1) is 5.41 Å². The SMILES string of the molecule is COC(=N)c1c(N)ncnc1Oc1ccc(NC(=O)NC2CCCCC2)c(Cl)c1. The first-order chi connectivity index (χ1) is 14.0. The number of carbonyl (C=O) groups excluding carboxylic acids is 1. The monoisotopic (exact) mass is 418 g/mol. The highest BCUT2D eigenvalue weighted by Gasteiger charge is 2.19. The van der Waals surface area contributed by atoms with Gasteiger partial charge in [0.2, 0.25) is 11.8 Å². The van der Waals surface area contributed by atoms with E-state index in [1.165, 1.54) is 25.9 Å². The fraction of sp³-hybridized carbons (Fsp3) is 0.368. The summed E-state index contributed by atoms with van der Waals surface area (Å²) in [6.45, 7) is 0. The summed E-state index contributed by atoms with van der Waals surface area (Å²) in [5.74, 6) is 0.264. The number of nitrogen functional groups attached to an aromatic ring is 1. The van der Waals surface area contributed by atoms with Crippen LogP contribution in [0.4, 0.5) is 16.3 Å². The number of aromatic nitrogens is 2. The number of nitrogens with zero attached hydrogens (tertiary/aromatic N) is 2. The van der Waals surface area contributed by atoms with E-state index >= 15 is 0 Å². The van der Waals surface area contributed by atoms with Crippen molar-refractivity contribution in [2.24, 2.45) is 0 Å².